The number of thioether (sulfide) groups is 1. The normalized spacial score (nSPS) is 29.0. The first kappa shape index (κ1) is 31.6. The number of benzene rings is 1. The number of para-hydroxylation sites is 1. The van der Waals surface area contributed by atoms with Crippen LogP contribution in [0.25, 0.3) is 0 Å². The van der Waals surface area contributed by atoms with E-state index in [2.05, 4.69) is 20.1 Å². The molecule has 3 saturated heterocycles. The fourth-order valence-electron chi connectivity index (χ4n) is 7.25. The lowest BCUT2D eigenvalue weighted by atomic mass is 9.66. The van der Waals surface area contributed by atoms with Crippen LogP contribution in [0.1, 0.15) is 52.0 Å². The number of esters is 1. The van der Waals surface area contributed by atoms with E-state index in [1.165, 1.54) is 0 Å². The van der Waals surface area contributed by atoms with E-state index in [4.69, 9.17) is 16.3 Å². The van der Waals surface area contributed by atoms with Crippen molar-refractivity contribution in [2.45, 2.75) is 75.5 Å². The number of halogens is 1. The van der Waals surface area contributed by atoms with Crippen LogP contribution >= 0.6 is 23.4 Å². The number of ether oxygens (including phenoxy) is 1. The van der Waals surface area contributed by atoms with Crippen LogP contribution in [0, 0.1) is 30.6 Å². The Kier molecular flexibility index (Phi) is 9.97. The zero-order valence-corrected chi connectivity index (χ0v) is 26.1. The number of carbonyl (C=O) groups excluding carboxylic acids is 3. The van der Waals surface area contributed by atoms with Crippen molar-refractivity contribution in [3.8, 4) is 0 Å². The molecule has 0 saturated carbocycles. The third-order valence-electron chi connectivity index (χ3n) is 8.87. The Bertz CT molecular complexity index is 1170. The van der Waals surface area contributed by atoms with Gasteiger partial charge in [-0.25, -0.2) is 0 Å². The summed E-state index contributed by atoms with van der Waals surface area (Å²) in [7, 11) is 0. The molecule has 1 aromatic carbocycles. The van der Waals surface area contributed by atoms with Crippen LogP contribution in [-0.4, -0.2) is 69.6 Å². The number of aliphatic hydroxyl groups excluding tert-OH is 1. The first-order valence-corrected chi connectivity index (χ1v) is 15.9. The van der Waals surface area contributed by atoms with Crippen molar-refractivity contribution in [2.75, 3.05) is 24.7 Å². The lowest BCUT2D eigenvalue weighted by molar-refractivity contribution is -0.155. The Labute approximate surface area is 253 Å². The largest absolute Gasteiger partial charge is 0.465 e. The molecule has 1 aromatic rings. The van der Waals surface area contributed by atoms with Crippen molar-refractivity contribution in [3.63, 3.8) is 0 Å². The smallest absolute Gasteiger partial charge is 0.310 e. The third-order valence-corrected chi connectivity index (χ3v) is 11.3. The standard InChI is InChI=1S/C32H43ClN2O5S/c1-7-9-10-15-40-31(39)25-24-17-21(6)32(41-24)26(25)29(37)35(22(18-36)16-19(3)4)28(32)30(38)34(14-8-2)27-20(5)12-11-13-23(27)33/h7-8,11-13,19,21-22,24-26,28,36H,1-2,9-10,14-18H2,3-6H3/t21?,22-,24-,25+,26+,28?,32?/m1/s1. The molecule has 224 valence electrons. The topological polar surface area (TPSA) is 87.1 Å². The molecule has 3 fully saturated rings. The van der Waals surface area contributed by atoms with Crippen LogP contribution in [-0.2, 0) is 19.1 Å². The second kappa shape index (κ2) is 12.9. The van der Waals surface area contributed by atoms with Crippen LogP contribution in [0.15, 0.2) is 43.5 Å². The SMILES string of the molecule is C=CCCCOC(=O)[C@@H]1[C@H]2C(=O)N([C@@H](CO)CC(C)C)C(C(=O)N(CC=C)c3c(C)cccc3Cl)C23S[C@@H]1CC3C. The molecule has 3 aliphatic rings. The first-order valence-electron chi connectivity index (χ1n) is 14.6. The summed E-state index contributed by atoms with van der Waals surface area (Å²) >= 11 is 8.27. The average Bonchev–Trinajstić information content (AvgIpc) is 3.52. The highest BCUT2D eigenvalue weighted by Gasteiger charge is 2.77. The number of aryl methyl sites for hydroxylation is 1. The maximum atomic E-state index is 14.9. The van der Waals surface area contributed by atoms with E-state index in [1.807, 2.05) is 32.9 Å². The van der Waals surface area contributed by atoms with Gasteiger partial charge in [0.1, 0.15) is 6.04 Å². The number of allylic oxidation sites excluding steroid dienone is 1. The number of nitrogens with zero attached hydrogens (tertiary/aromatic N) is 2. The predicted molar refractivity (Wildman–Crippen MR) is 165 cm³/mol. The molecule has 2 bridgehead atoms. The van der Waals surface area contributed by atoms with Gasteiger partial charge in [-0.05, 0) is 56.1 Å². The highest BCUT2D eigenvalue weighted by molar-refractivity contribution is 8.02. The maximum Gasteiger partial charge on any atom is 0.310 e. The summed E-state index contributed by atoms with van der Waals surface area (Å²) in [4.78, 5) is 46.2. The minimum absolute atomic E-state index is 0.00784. The molecule has 0 aromatic heterocycles. The summed E-state index contributed by atoms with van der Waals surface area (Å²) in [5, 5.41) is 10.9. The van der Waals surface area contributed by atoms with Gasteiger partial charge in [0.25, 0.3) is 5.91 Å². The minimum Gasteiger partial charge on any atom is -0.465 e. The molecule has 7 nitrogen and oxygen atoms in total. The number of aliphatic hydroxyl groups is 1. The molecule has 1 spiro atoms. The number of amides is 2. The fraction of sp³-hybridized carbons (Fsp3) is 0.594. The maximum absolute atomic E-state index is 14.9. The summed E-state index contributed by atoms with van der Waals surface area (Å²) < 4.78 is 4.86. The van der Waals surface area contributed by atoms with E-state index >= 15 is 0 Å². The van der Waals surface area contributed by atoms with Crippen molar-refractivity contribution < 1.29 is 24.2 Å². The Morgan fingerprint density at radius 1 is 1.32 bits per heavy atom. The predicted octanol–water partition coefficient (Wildman–Crippen LogP) is 5.42. The molecule has 41 heavy (non-hydrogen) atoms. The third kappa shape index (κ3) is 5.48. The molecule has 0 aliphatic carbocycles. The Morgan fingerprint density at radius 2 is 2.05 bits per heavy atom. The van der Waals surface area contributed by atoms with Gasteiger partial charge in [-0.3, -0.25) is 14.4 Å². The summed E-state index contributed by atoms with van der Waals surface area (Å²) in [6.07, 6.45) is 6.08. The monoisotopic (exact) mass is 602 g/mol. The van der Waals surface area contributed by atoms with Crippen molar-refractivity contribution in [1.82, 2.24) is 4.90 Å². The lowest BCUT2D eigenvalue weighted by Gasteiger charge is -2.42. The van der Waals surface area contributed by atoms with E-state index in [-0.39, 0.29) is 54.6 Å². The number of hydrogen-bond acceptors (Lipinski definition) is 6. The van der Waals surface area contributed by atoms with Crippen LogP contribution in [0.5, 0.6) is 0 Å². The Morgan fingerprint density at radius 3 is 2.66 bits per heavy atom. The van der Waals surface area contributed by atoms with Gasteiger partial charge >= 0.3 is 5.97 Å². The molecular weight excluding hydrogens is 560 g/mol. The lowest BCUT2D eigenvalue weighted by Crippen LogP contribution is -2.59. The number of rotatable bonds is 13. The number of likely N-dealkylation sites (tertiary alicyclic amines) is 1. The molecule has 1 N–H and O–H groups in total. The van der Waals surface area contributed by atoms with Crippen molar-refractivity contribution in [1.29, 1.82) is 0 Å². The average molecular weight is 603 g/mol. The molecule has 9 heteroatoms. The molecule has 0 radical (unpaired) electrons. The second-order valence-electron chi connectivity index (χ2n) is 12.0. The molecule has 7 atom stereocenters. The van der Waals surface area contributed by atoms with Crippen LogP contribution in [0.2, 0.25) is 5.02 Å². The number of hydrogen-bond donors (Lipinski definition) is 1. The molecule has 2 amide bonds. The van der Waals surface area contributed by atoms with E-state index in [0.29, 0.717) is 30.0 Å². The first-order chi connectivity index (χ1) is 19.5. The summed E-state index contributed by atoms with van der Waals surface area (Å²) in [5.74, 6) is -2.06. The quantitative estimate of drug-likeness (QED) is 0.184. The van der Waals surface area contributed by atoms with Gasteiger partial charge in [-0.15, -0.1) is 24.9 Å². The molecule has 4 rings (SSSR count). The fourth-order valence-corrected chi connectivity index (χ4v) is 9.96. The highest BCUT2D eigenvalue weighted by atomic mass is 35.5. The minimum atomic E-state index is -0.880. The molecular formula is C32H43ClN2O5S. The van der Waals surface area contributed by atoms with E-state index in [1.54, 1.807) is 39.8 Å². The number of anilines is 1. The van der Waals surface area contributed by atoms with Gasteiger partial charge in [-0.1, -0.05) is 56.7 Å². The van der Waals surface area contributed by atoms with Crippen molar-refractivity contribution in [2.24, 2.45) is 23.7 Å². The van der Waals surface area contributed by atoms with Crippen LogP contribution < -0.4 is 4.90 Å². The van der Waals surface area contributed by atoms with Crippen LogP contribution in [0.3, 0.4) is 0 Å². The Hall–Kier alpha value is -2.29. The van der Waals surface area contributed by atoms with Gasteiger partial charge in [0.15, 0.2) is 0 Å². The van der Waals surface area contributed by atoms with Gasteiger partial charge in [0.2, 0.25) is 5.91 Å². The van der Waals surface area contributed by atoms with Gasteiger partial charge < -0.3 is 19.6 Å². The summed E-state index contributed by atoms with van der Waals surface area (Å²) in [6.45, 7) is 15.8. The van der Waals surface area contributed by atoms with E-state index < -0.39 is 28.7 Å². The van der Waals surface area contributed by atoms with Gasteiger partial charge in [-0.2, -0.15) is 0 Å². The highest BCUT2D eigenvalue weighted by Crippen LogP contribution is 2.69. The van der Waals surface area contributed by atoms with Crippen LogP contribution in [0.4, 0.5) is 5.69 Å². The Balaban J connectivity index is 1.83. The zero-order valence-electron chi connectivity index (χ0n) is 24.6. The number of unbranched alkanes of at least 4 members (excludes halogenated alkanes) is 1. The second-order valence-corrected chi connectivity index (χ2v) is 14.0. The number of carbonyl (C=O) groups is 3. The van der Waals surface area contributed by atoms with E-state index in [9.17, 15) is 19.5 Å². The molecule has 3 heterocycles. The zero-order chi connectivity index (χ0) is 30.1. The van der Waals surface area contributed by atoms with Gasteiger partial charge in [0.05, 0.1) is 46.5 Å². The molecule has 3 aliphatic heterocycles. The van der Waals surface area contributed by atoms with Gasteiger partial charge in [0, 0.05) is 11.8 Å². The van der Waals surface area contributed by atoms with Crippen molar-refractivity contribution >= 4 is 46.8 Å². The summed E-state index contributed by atoms with van der Waals surface area (Å²) in [6, 6.07) is 4.04. The van der Waals surface area contributed by atoms with Crippen molar-refractivity contribution in [3.05, 3.63) is 54.1 Å². The number of fused-ring (bicyclic) bond motifs is 1. The molecule has 3 unspecified atom stereocenters. The van der Waals surface area contributed by atoms with E-state index in [0.717, 1.165) is 12.0 Å². The summed E-state index contributed by atoms with van der Waals surface area (Å²) in [5.41, 5.74) is 1.41.